The van der Waals surface area contributed by atoms with Crippen molar-refractivity contribution >= 4 is 16.8 Å². The molecule has 0 bridgehead atoms. The van der Waals surface area contributed by atoms with E-state index >= 15 is 0 Å². The number of carbonyl (C=O) groups is 1. The average molecular weight is 420 g/mol. The number of para-hydroxylation sites is 1. The van der Waals surface area contributed by atoms with Crippen LogP contribution in [0.1, 0.15) is 34.7 Å². The molecule has 2 aromatic carbocycles. The monoisotopic (exact) mass is 420 g/mol. The maximum absolute atomic E-state index is 13.1. The highest BCUT2D eigenvalue weighted by Crippen LogP contribution is 2.17. The fourth-order valence-electron chi connectivity index (χ4n) is 4.03. The summed E-state index contributed by atoms with van der Waals surface area (Å²) in [6, 6.07) is 13.5. The van der Waals surface area contributed by atoms with Gasteiger partial charge in [0.05, 0.1) is 12.1 Å². The first-order valence-corrected chi connectivity index (χ1v) is 10.2. The van der Waals surface area contributed by atoms with Crippen molar-refractivity contribution in [3.8, 4) is 0 Å². The number of H-pyrrole nitrogens is 1. The molecule has 0 saturated heterocycles. The Morgan fingerprint density at radius 1 is 1.16 bits per heavy atom. The average Bonchev–Trinajstić information content (AvgIpc) is 3.26. The number of hydrogen-bond donors (Lipinski definition) is 2. The highest BCUT2D eigenvalue weighted by molar-refractivity contribution is 6.04. The Kier molecular flexibility index (Phi) is 4.85. The van der Waals surface area contributed by atoms with Gasteiger partial charge in [0.2, 0.25) is 0 Å². The molecule has 0 spiro atoms. The first-order chi connectivity index (χ1) is 15.1. The van der Waals surface area contributed by atoms with Gasteiger partial charge >= 0.3 is 5.69 Å². The topological polar surface area (TPSA) is 97.6 Å². The van der Waals surface area contributed by atoms with Crippen LogP contribution in [-0.2, 0) is 19.5 Å². The highest BCUT2D eigenvalue weighted by atomic mass is 19.1. The number of hydrogen-bond acceptors (Lipinski definition) is 4. The number of aromatic nitrogens is 5. The summed E-state index contributed by atoms with van der Waals surface area (Å²) in [5.74, 6) is 0.164. The molecule has 5 rings (SSSR count). The van der Waals surface area contributed by atoms with Gasteiger partial charge in [-0.05, 0) is 36.6 Å². The number of aryl methyl sites for hydroxylation is 1. The molecule has 0 saturated carbocycles. The summed E-state index contributed by atoms with van der Waals surface area (Å²) < 4.78 is 16.2. The maximum atomic E-state index is 13.1. The van der Waals surface area contributed by atoms with Crippen LogP contribution in [0.25, 0.3) is 10.9 Å². The van der Waals surface area contributed by atoms with Crippen molar-refractivity contribution in [2.24, 2.45) is 0 Å². The number of fused-ring (bicyclic) bond motifs is 2. The minimum atomic E-state index is -0.312. The van der Waals surface area contributed by atoms with Gasteiger partial charge in [-0.2, -0.15) is 10.2 Å². The van der Waals surface area contributed by atoms with Crippen LogP contribution in [0.15, 0.2) is 53.3 Å². The van der Waals surface area contributed by atoms with Gasteiger partial charge in [-0.3, -0.25) is 14.5 Å². The van der Waals surface area contributed by atoms with E-state index in [0.29, 0.717) is 43.9 Å². The molecule has 1 amide bonds. The zero-order valence-corrected chi connectivity index (χ0v) is 16.7. The van der Waals surface area contributed by atoms with Crippen LogP contribution in [0.5, 0.6) is 0 Å². The van der Waals surface area contributed by atoms with Gasteiger partial charge in [-0.15, -0.1) is 0 Å². The van der Waals surface area contributed by atoms with Crippen LogP contribution in [0.2, 0.25) is 0 Å². The SMILES string of the molecule is O=C(NC1CCc2nn(Cc3ccc(F)cc3)c(=O)n2CC1)c1n[nH]c2ccccc12. The first-order valence-electron chi connectivity index (χ1n) is 10.2. The number of nitrogens with zero attached hydrogens (tertiary/aromatic N) is 4. The van der Waals surface area contributed by atoms with Crippen molar-refractivity contribution in [2.45, 2.75) is 38.4 Å². The van der Waals surface area contributed by atoms with Gasteiger partial charge in [-0.25, -0.2) is 13.9 Å². The van der Waals surface area contributed by atoms with E-state index in [9.17, 15) is 14.0 Å². The quantitative estimate of drug-likeness (QED) is 0.529. The molecule has 0 fully saturated rings. The molecule has 2 N–H and O–H groups in total. The zero-order valence-electron chi connectivity index (χ0n) is 16.7. The lowest BCUT2D eigenvalue weighted by Gasteiger charge is -2.15. The molecule has 1 unspecified atom stereocenters. The Bertz CT molecular complexity index is 1300. The van der Waals surface area contributed by atoms with Crippen LogP contribution >= 0.6 is 0 Å². The number of amides is 1. The van der Waals surface area contributed by atoms with Gasteiger partial charge in [-0.1, -0.05) is 30.3 Å². The summed E-state index contributed by atoms with van der Waals surface area (Å²) in [6.45, 7) is 0.773. The number of aromatic amines is 1. The van der Waals surface area contributed by atoms with Gasteiger partial charge in [0.1, 0.15) is 11.6 Å². The van der Waals surface area contributed by atoms with Crippen molar-refractivity contribution in [1.29, 1.82) is 0 Å². The summed E-state index contributed by atoms with van der Waals surface area (Å²) in [7, 11) is 0. The lowest BCUT2D eigenvalue weighted by Crippen LogP contribution is -2.36. The molecule has 2 aromatic heterocycles. The highest BCUT2D eigenvalue weighted by Gasteiger charge is 2.24. The van der Waals surface area contributed by atoms with Crippen LogP contribution in [0.3, 0.4) is 0 Å². The summed E-state index contributed by atoms with van der Waals surface area (Å²) in [5, 5.41) is 15.3. The molecular formula is C22H21FN6O2. The molecule has 0 radical (unpaired) electrons. The van der Waals surface area contributed by atoms with Crippen molar-refractivity contribution in [3.05, 3.63) is 81.9 Å². The normalized spacial score (nSPS) is 16.1. The second-order valence-electron chi connectivity index (χ2n) is 7.75. The summed E-state index contributed by atoms with van der Waals surface area (Å²) in [4.78, 5) is 25.5. The molecule has 3 heterocycles. The zero-order chi connectivity index (χ0) is 21.4. The van der Waals surface area contributed by atoms with E-state index in [1.54, 1.807) is 16.7 Å². The van der Waals surface area contributed by atoms with Gasteiger partial charge in [0, 0.05) is 24.4 Å². The Labute approximate surface area is 176 Å². The predicted octanol–water partition coefficient (Wildman–Crippen LogP) is 2.24. The summed E-state index contributed by atoms with van der Waals surface area (Å²) >= 11 is 0. The summed E-state index contributed by atoms with van der Waals surface area (Å²) in [5.41, 5.74) is 1.81. The molecule has 9 heteroatoms. The largest absolute Gasteiger partial charge is 0.348 e. The molecular weight excluding hydrogens is 399 g/mol. The third kappa shape index (κ3) is 3.74. The van der Waals surface area contributed by atoms with E-state index in [1.165, 1.54) is 16.8 Å². The molecule has 4 aromatic rings. The van der Waals surface area contributed by atoms with Crippen molar-refractivity contribution in [2.75, 3.05) is 0 Å². The fraction of sp³-hybridized carbons (Fsp3) is 0.273. The van der Waals surface area contributed by atoms with E-state index in [-0.39, 0.29) is 23.5 Å². The van der Waals surface area contributed by atoms with Crippen molar-refractivity contribution in [3.63, 3.8) is 0 Å². The molecule has 1 atom stereocenters. The Balaban J connectivity index is 1.27. The molecule has 8 nitrogen and oxygen atoms in total. The predicted molar refractivity (Wildman–Crippen MR) is 112 cm³/mol. The third-order valence-corrected chi connectivity index (χ3v) is 5.68. The smallest absolute Gasteiger partial charge is 0.346 e. The Morgan fingerprint density at radius 3 is 2.81 bits per heavy atom. The van der Waals surface area contributed by atoms with Gasteiger partial charge in [0.15, 0.2) is 5.69 Å². The lowest BCUT2D eigenvalue weighted by atomic mass is 10.1. The van der Waals surface area contributed by atoms with E-state index in [1.807, 2.05) is 24.3 Å². The lowest BCUT2D eigenvalue weighted by molar-refractivity contribution is 0.0929. The van der Waals surface area contributed by atoms with Crippen LogP contribution in [0, 0.1) is 5.82 Å². The van der Waals surface area contributed by atoms with Crippen molar-refractivity contribution in [1.82, 2.24) is 29.9 Å². The number of nitrogens with one attached hydrogen (secondary N) is 2. The molecule has 0 aliphatic carbocycles. The van der Waals surface area contributed by atoms with Crippen LogP contribution < -0.4 is 11.0 Å². The molecule has 1 aliphatic heterocycles. The number of halogens is 1. The van der Waals surface area contributed by atoms with Gasteiger partial charge in [0.25, 0.3) is 5.91 Å². The minimum Gasteiger partial charge on any atom is -0.348 e. The number of carbonyl (C=O) groups excluding carboxylic acids is 1. The number of benzene rings is 2. The van der Waals surface area contributed by atoms with E-state index in [4.69, 9.17) is 0 Å². The minimum absolute atomic E-state index is 0.0744. The summed E-state index contributed by atoms with van der Waals surface area (Å²) in [6.07, 6.45) is 1.89. The second-order valence-corrected chi connectivity index (χ2v) is 7.75. The van der Waals surface area contributed by atoms with Crippen LogP contribution in [-0.4, -0.2) is 36.5 Å². The van der Waals surface area contributed by atoms with E-state index in [2.05, 4.69) is 20.6 Å². The Morgan fingerprint density at radius 2 is 1.97 bits per heavy atom. The molecule has 1 aliphatic rings. The maximum Gasteiger partial charge on any atom is 0.346 e. The molecule has 158 valence electrons. The molecule has 31 heavy (non-hydrogen) atoms. The Hall–Kier alpha value is -3.75. The first kappa shape index (κ1) is 19.2. The van der Waals surface area contributed by atoms with E-state index in [0.717, 1.165) is 16.5 Å². The third-order valence-electron chi connectivity index (χ3n) is 5.68. The fourth-order valence-corrected chi connectivity index (χ4v) is 4.03. The van der Waals surface area contributed by atoms with Crippen molar-refractivity contribution < 1.29 is 9.18 Å². The van der Waals surface area contributed by atoms with Crippen LogP contribution in [0.4, 0.5) is 4.39 Å². The van der Waals surface area contributed by atoms with E-state index < -0.39 is 0 Å². The second kappa shape index (κ2) is 7.82. The standard InChI is InChI=1S/C22H21FN6O2/c23-15-7-5-14(6-8-15)13-29-22(31)28-12-11-16(9-10-19(28)27-29)24-21(30)20-17-3-1-2-4-18(17)25-26-20/h1-8,16H,9-13H2,(H,24,30)(H,25,26). The number of rotatable bonds is 4. The van der Waals surface area contributed by atoms with Gasteiger partial charge < -0.3 is 5.32 Å².